The number of rotatable bonds is 6. The fourth-order valence-corrected chi connectivity index (χ4v) is 5.13. The average molecular weight is 454 g/mol. The predicted molar refractivity (Wildman–Crippen MR) is 129 cm³/mol. The van der Waals surface area contributed by atoms with E-state index in [1.807, 2.05) is 47.4 Å². The third-order valence-corrected chi connectivity index (χ3v) is 7.19. The number of carbonyl (C=O) groups excluding carboxylic acids is 2. The number of benzene rings is 2. The summed E-state index contributed by atoms with van der Waals surface area (Å²) in [6, 6.07) is 17.6. The Kier molecular flexibility index (Phi) is 7.48. The molecule has 1 heterocycles. The minimum Gasteiger partial charge on any atom is -0.342 e. The number of nitrogens with zero attached hydrogens (tertiary/aromatic N) is 1. The topological polar surface area (TPSA) is 61.4 Å². The number of anilines is 1. The first-order valence-corrected chi connectivity index (χ1v) is 12.1. The van der Waals surface area contributed by atoms with Crippen LogP contribution in [-0.4, -0.2) is 36.3 Å². The van der Waals surface area contributed by atoms with Crippen molar-refractivity contribution in [1.29, 1.82) is 0 Å². The Bertz CT molecular complexity index is 902. The molecule has 0 bridgehead atoms. The molecule has 32 heavy (non-hydrogen) atoms. The van der Waals surface area contributed by atoms with E-state index in [1.165, 1.54) is 12.0 Å². The van der Waals surface area contributed by atoms with E-state index >= 15 is 0 Å². The van der Waals surface area contributed by atoms with Crippen molar-refractivity contribution in [3.8, 4) is 0 Å². The van der Waals surface area contributed by atoms with Gasteiger partial charge in [0.25, 0.3) is 0 Å². The number of halogens is 1. The second-order valence-corrected chi connectivity index (χ2v) is 9.45. The largest absolute Gasteiger partial charge is 0.342 e. The molecule has 1 saturated heterocycles. The highest BCUT2D eigenvalue weighted by Gasteiger charge is 2.35. The number of likely N-dealkylation sites (tertiary alicyclic amines) is 1. The zero-order chi connectivity index (χ0) is 22.4. The highest BCUT2D eigenvalue weighted by molar-refractivity contribution is 6.30. The highest BCUT2D eigenvalue weighted by atomic mass is 35.5. The zero-order valence-corrected chi connectivity index (χ0v) is 19.2. The van der Waals surface area contributed by atoms with Gasteiger partial charge in [0, 0.05) is 35.3 Å². The molecule has 0 spiro atoms. The number of amides is 2. The van der Waals surface area contributed by atoms with E-state index in [4.69, 9.17) is 11.6 Å². The summed E-state index contributed by atoms with van der Waals surface area (Å²) in [4.78, 5) is 27.4. The summed E-state index contributed by atoms with van der Waals surface area (Å²) < 4.78 is 0. The van der Waals surface area contributed by atoms with Crippen LogP contribution >= 0.6 is 11.6 Å². The third kappa shape index (κ3) is 5.51. The molecule has 2 amide bonds. The summed E-state index contributed by atoms with van der Waals surface area (Å²) in [6.45, 7) is 1.58. The molecule has 1 aliphatic heterocycles. The van der Waals surface area contributed by atoms with Crippen molar-refractivity contribution in [1.82, 2.24) is 10.2 Å². The summed E-state index contributed by atoms with van der Waals surface area (Å²) in [5.41, 5.74) is 1.87. The van der Waals surface area contributed by atoms with Gasteiger partial charge in [-0.15, -0.1) is 0 Å². The first-order valence-electron chi connectivity index (χ1n) is 11.7. The van der Waals surface area contributed by atoms with E-state index in [2.05, 4.69) is 22.8 Å². The monoisotopic (exact) mass is 453 g/mol. The van der Waals surface area contributed by atoms with Gasteiger partial charge in [0.2, 0.25) is 11.8 Å². The van der Waals surface area contributed by atoms with Gasteiger partial charge in [0.15, 0.2) is 0 Å². The fourth-order valence-electron chi connectivity index (χ4n) is 5.01. The second kappa shape index (κ2) is 10.5. The Morgan fingerprint density at radius 2 is 1.59 bits per heavy atom. The molecule has 170 valence electrons. The van der Waals surface area contributed by atoms with Gasteiger partial charge in [-0.2, -0.15) is 0 Å². The number of hydrogen-bond donors (Lipinski definition) is 2. The van der Waals surface area contributed by atoms with Gasteiger partial charge in [-0.05, 0) is 55.5 Å². The third-order valence-electron chi connectivity index (χ3n) is 6.94. The van der Waals surface area contributed by atoms with Crippen LogP contribution in [-0.2, 0) is 15.1 Å². The summed E-state index contributed by atoms with van der Waals surface area (Å²) in [5.74, 6) is 0.113. The molecule has 0 unspecified atom stereocenters. The van der Waals surface area contributed by atoms with Gasteiger partial charge in [0.1, 0.15) is 0 Å². The smallest absolute Gasteiger partial charge is 0.236 e. The van der Waals surface area contributed by atoms with Gasteiger partial charge < -0.3 is 10.2 Å². The molecule has 4 rings (SSSR count). The maximum atomic E-state index is 13.0. The molecule has 2 fully saturated rings. The van der Waals surface area contributed by atoms with Gasteiger partial charge in [0.05, 0.1) is 6.54 Å². The van der Waals surface area contributed by atoms with Crippen molar-refractivity contribution in [2.24, 2.45) is 5.92 Å². The lowest BCUT2D eigenvalue weighted by molar-refractivity contribution is -0.134. The van der Waals surface area contributed by atoms with Gasteiger partial charge in [-0.3, -0.25) is 14.9 Å². The Hall–Kier alpha value is -2.37. The van der Waals surface area contributed by atoms with Crippen LogP contribution in [0, 0.1) is 5.92 Å². The van der Waals surface area contributed by atoms with Crippen LogP contribution in [0.4, 0.5) is 5.69 Å². The standard InChI is InChI=1S/C26H32ClN3O2/c27-22-11-9-21(10-12-22)26(15-5-2-6-16-26)28-19-24(31)30-17-13-20(14-18-30)25(32)29-23-7-3-1-4-8-23/h1,3-4,7-12,20,28H,2,5-6,13-19H2,(H,29,32). The van der Waals surface area contributed by atoms with Gasteiger partial charge >= 0.3 is 0 Å². The lowest BCUT2D eigenvalue weighted by Crippen LogP contribution is -2.50. The van der Waals surface area contributed by atoms with Gasteiger partial charge in [-0.1, -0.05) is 61.2 Å². The molecule has 0 radical (unpaired) electrons. The molecule has 6 heteroatoms. The van der Waals surface area contributed by atoms with E-state index < -0.39 is 0 Å². The van der Waals surface area contributed by atoms with Crippen LogP contribution in [0.2, 0.25) is 5.02 Å². The number of para-hydroxylation sites is 1. The number of hydrogen-bond acceptors (Lipinski definition) is 3. The van der Waals surface area contributed by atoms with Gasteiger partial charge in [-0.25, -0.2) is 0 Å². The van der Waals surface area contributed by atoms with Crippen LogP contribution in [0.25, 0.3) is 0 Å². The Morgan fingerprint density at radius 3 is 2.25 bits per heavy atom. The highest BCUT2D eigenvalue weighted by Crippen LogP contribution is 2.37. The first-order chi connectivity index (χ1) is 15.6. The summed E-state index contributed by atoms with van der Waals surface area (Å²) in [5, 5.41) is 7.34. The van der Waals surface area contributed by atoms with Crippen molar-refractivity contribution >= 4 is 29.1 Å². The van der Waals surface area contributed by atoms with Crippen LogP contribution < -0.4 is 10.6 Å². The second-order valence-electron chi connectivity index (χ2n) is 9.01. The lowest BCUT2D eigenvalue weighted by atomic mass is 9.76. The van der Waals surface area contributed by atoms with Crippen LogP contribution in [0.3, 0.4) is 0 Å². The van der Waals surface area contributed by atoms with E-state index in [0.717, 1.165) is 36.4 Å². The van der Waals surface area contributed by atoms with E-state index in [0.29, 0.717) is 32.5 Å². The molecule has 5 nitrogen and oxygen atoms in total. The Labute approximate surface area is 195 Å². The molecule has 0 atom stereocenters. The lowest BCUT2D eigenvalue weighted by Gasteiger charge is -2.40. The molecular weight excluding hydrogens is 422 g/mol. The zero-order valence-electron chi connectivity index (χ0n) is 18.5. The molecule has 1 aliphatic carbocycles. The number of piperidine rings is 1. The normalized spacial score (nSPS) is 18.8. The van der Waals surface area contributed by atoms with Crippen LogP contribution in [0.5, 0.6) is 0 Å². The predicted octanol–water partition coefficient (Wildman–Crippen LogP) is 4.97. The summed E-state index contributed by atoms with van der Waals surface area (Å²) in [7, 11) is 0. The summed E-state index contributed by atoms with van der Waals surface area (Å²) in [6.07, 6.45) is 7.02. The maximum Gasteiger partial charge on any atom is 0.236 e. The average Bonchev–Trinajstić information content (AvgIpc) is 2.84. The fraction of sp³-hybridized carbons (Fsp3) is 0.462. The van der Waals surface area contributed by atoms with E-state index in [-0.39, 0.29) is 23.3 Å². The number of nitrogens with one attached hydrogen (secondary N) is 2. The molecular formula is C26H32ClN3O2. The first kappa shape index (κ1) is 22.8. The van der Waals surface area contributed by atoms with E-state index in [9.17, 15) is 9.59 Å². The van der Waals surface area contributed by atoms with Crippen molar-refractivity contribution in [2.45, 2.75) is 50.5 Å². The van der Waals surface area contributed by atoms with Crippen molar-refractivity contribution in [3.05, 3.63) is 65.2 Å². The van der Waals surface area contributed by atoms with Crippen molar-refractivity contribution < 1.29 is 9.59 Å². The minimum absolute atomic E-state index is 0.0466. The quantitative estimate of drug-likeness (QED) is 0.649. The SMILES string of the molecule is O=C(Nc1ccccc1)C1CCN(C(=O)CNC2(c3ccc(Cl)cc3)CCCCC2)CC1. The van der Waals surface area contributed by atoms with Crippen LogP contribution in [0.15, 0.2) is 54.6 Å². The Balaban J connectivity index is 1.30. The molecule has 0 aromatic heterocycles. The molecule has 2 aliphatic rings. The molecule has 2 aromatic rings. The summed E-state index contributed by atoms with van der Waals surface area (Å²) >= 11 is 6.09. The van der Waals surface area contributed by atoms with E-state index in [1.54, 1.807) is 0 Å². The van der Waals surface area contributed by atoms with Crippen molar-refractivity contribution in [3.63, 3.8) is 0 Å². The van der Waals surface area contributed by atoms with Crippen LogP contribution in [0.1, 0.15) is 50.5 Å². The maximum absolute atomic E-state index is 13.0. The number of carbonyl (C=O) groups is 2. The Morgan fingerprint density at radius 1 is 0.938 bits per heavy atom. The molecule has 2 N–H and O–H groups in total. The van der Waals surface area contributed by atoms with Crippen molar-refractivity contribution in [2.75, 3.05) is 25.0 Å². The molecule has 1 saturated carbocycles. The molecule has 2 aromatic carbocycles. The minimum atomic E-state index is -0.160.